The number of amides is 1. The molecule has 0 radical (unpaired) electrons. The Labute approximate surface area is 92.9 Å². The van der Waals surface area contributed by atoms with Crippen LogP contribution in [0.1, 0.15) is 20.8 Å². The molecule has 1 aliphatic heterocycles. The van der Waals surface area contributed by atoms with Crippen LogP contribution in [0.3, 0.4) is 0 Å². The van der Waals surface area contributed by atoms with Crippen LogP contribution in [0.25, 0.3) is 0 Å². The Kier molecular flexibility index (Phi) is 3.42. The van der Waals surface area contributed by atoms with E-state index >= 15 is 0 Å². The first kappa shape index (κ1) is 11.5. The van der Waals surface area contributed by atoms with Crippen molar-refractivity contribution in [1.82, 2.24) is 4.90 Å². The van der Waals surface area contributed by atoms with Crippen LogP contribution in [0.2, 0.25) is 0 Å². The van der Waals surface area contributed by atoms with Gasteiger partial charge in [-0.25, -0.2) is 0 Å². The van der Waals surface area contributed by atoms with E-state index < -0.39 is 4.84 Å². The molecule has 5 heteroatoms. The molecule has 1 saturated heterocycles. The number of nitrogens with zero attached hydrogens (tertiary/aromatic N) is 1. The van der Waals surface area contributed by atoms with Gasteiger partial charge in [-0.3, -0.25) is 4.79 Å². The van der Waals surface area contributed by atoms with Crippen molar-refractivity contribution in [3.05, 3.63) is 0 Å². The maximum Gasteiger partial charge on any atom is 0.257 e. The third-order valence-corrected chi connectivity index (χ3v) is 3.75. The Balaban J connectivity index is 2.75. The summed E-state index contributed by atoms with van der Waals surface area (Å²) in [5.74, 6) is -0.190. The van der Waals surface area contributed by atoms with Gasteiger partial charge >= 0.3 is 0 Å². The fourth-order valence-electron chi connectivity index (χ4n) is 1.54. The minimum atomic E-state index is -0.940. The van der Waals surface area contributed by atoms with Gasteiger partial charge in [-0.15, -0.1) is 11.8 Å². The molecule has 0 aliphatic carbocycles. The van der Waals surface area contributed by atoms with E-state index in [1.807, 2.05) is 13.8 Å². The second-order valence-electron chi connectivity index (χ2n) is 3.62. The van der Waals surface area contributed by atoms with Crippen molar-refractivity contribution in [2.24, 2.45) is 0 Å². The SMILES string of the molecule is CC1CN(C(=O)C(Cl)Cl)C(C)(C)S1. The summed E-state index contributed by atoms with van der Waals surface area (Å²) >= 11 is 12.9. The highest BCUT2D eigenvalue weighted by Crippen LogP contribution is 2.40. The molecule has 0 aromatic carbocycles. The van der Waals surface area contributed by atoms with E-state index in [4.69, 9.17) is 23.2 Å². The summed E-state index contributed by atoms with van der Waals surface area (Å²) in [5.41, 5.74) is 0. The van der Waals surface area contributed by atoms with Crippen LogP contribution in [-0.4, -0.2) is 32.3 Å². The molecule has 0 saturated carbocycles. The topological polar surface area (TPSA) is 20.3 Å². The minimum absolute atomic E-state index is 0.182. The monoisotopic (exact) mass is 241 g/mol. The Morgan fingerprint density at radius 1 is 1.62 bits per heavy atom. The lowest BCUT2D eigenvalue weighted by Crippen LogP contribution is -2.44. The Hall–Kier alpha value is 0.400. The molecule has 1 heterocycles. The number of alkyl halides is 2. The van der Waals surface area contributed by atoms with Crippen LogP contribution in [0.5, 0.6) is 0 Å². The maximum atomic E-state index is 11.6. The average Bonchev–Trinajstić information content (AvgIpc) is 2.22. The van der Waals surface area contributed by atoms with Crippen LogP contribution in [0, 0.1) is 0 Å². The second-order valence-corrected chi connectivity index (χ2v) is 6.76. The molecule has 1 aliphatic rings. The summed E-state index contributed by atoms with van der Waals surface area (Å²) < 4.78 is 0. The highest BCUT2D eigenvalue weighted by Gasteiger charge is 2.41. The number of thioether (sulfide) groups is 1. The van der Waals surface area contributed by atoms with E-state index in [1.165, 1.54) is 0 Å². The van der Waals surface area contributed by atoms with Crippen LogP contribution in [0.15, 0.2) is 0 Å². The molecule has 1 amide bonds. The first-order chi connectivity index (χ1) is 5.84. The molecule has 0 spiro atoms. The van der Waals surface area contributed by atoms with Crippen LogP contribution in [-0.2, 0) is 4.79 Å². The van der Waals surface area contributed by atoms with Crippen molar-refractivity contribution < 1.29 is 4.79 Å². The molecule has 0 aromatic heterocycles. The summed E-state index contributed by atoms with van der Waals surface area (Å²) in [4.78, 5) is 12.2. The molecule has 0 N–H and O–H groups in total. The fraction of sp³-hybridized carbons (Fsp3) is 0.875. The lowest BCUT2D eigenvalue weighted by atomic mass is 10.3. The number of carbonyl (C=O) groups is 1. The summed E-state index contributed by atoms with van der Waals surface area (Å²) in [5, 5.41) is 0.450. The van der Waals surface area contributed by atoms with Gasteiger partial charge in [-0.05, 0) is 13.8 Å². The first-order valence-electron chi connectivity index (χ1n) is 4.12. The predicted molar refractivity (Wildman–Crippen MR) is 58.3 cm³/mol. The summed E-state index contributed by atoms with van der Waals surface area (Å²) in [6, 6.07) is 0. The summed E-state index contributed by atoms with van der Waals surface area (Å²) in [7, 11) is 0. The summed E-state index contributed by atoms with van der Waals surface area (Å²) in [6.45, 7) is 6.84. The standard InChI is InChI=1S/C8H13Cl2NOS/c1-5-4-11(7(12)6(9)10)8(2,3)13-5/h5-6H,4H2,1-3H3. The Morgan fingerprint density at radius 3 is 2.46 bits per heavy atom. The molecular formula is C8H13Cl2NOS. The van der Waals surface area contributed by atoms with Crippen LogP contribution in [0.4, 0.5) is 0 Å². The van der Waals surface area contributed by atoms with Crippen molar-refractivity contribution in [1.29, 1.82) is 0 Å². The zero-order chi connectivity index (χ0) is 10.2. The van der Waals surface area contributed by atoms with Crippen molar-refractivity contribution in [3.8, 4) is 0 Å². The van der Waals surface area contributed by atoms with Gasteiger partial charge in [0.2, 0.25) is 0 Å². The molecule has 0 aromatic rings. The number of rotatable bonds is 1. The quantitative estimate of drug-likeness (QED) is 0.658. The normalized spacial score (nSPS) is 26.9. The number of hydrogen-bond donors (Lipinski definition) is 0. The van der Waals surface area contributed by atoms with Crippen LogP contribution < -0.4 is 0 Å². The van der Waals surface area contributed by atoms with Gasteiger partial charge in [0.15, 0.2) is 4.84 Å². The van der Waals surface area contributed by atoms with Crippen molar-refractivity contribution in [3.63, 3.8) is 0 Å². The van der Waals surface area contributed by atoms with E-state index in [-0.39, 0.29) is 10.8 Å². The fourth-order valence-corrected chi connectivity index (χ4v) is 3.28. The zero-order valence-electron chi connectivity index (χ0n) is 7.88. The molecule has 76 valence electrons. The molecule has 13 heavy (non-hydrogen) atoms. The largest absolute Gasteiger partial charge is 0.325 e. The molecule has 2 nitrogen and oxygen atoms in total. The van der Waals surface area contributed by atoms with Crippen molar-refractivity contribution in [2.45, 2.75) is 35.7 Å². The molecular weight excluding hydrogens is 229 g/mol. The highest BCUT2D eigenvalue weighted by molar-refractivity contribution is 8.01. The van der Waals surface area contributed by atoms with Crippen molar-refractivity contribution >= 4 is 40.9 Å². The van der Waals surface area contributed by atoms with E-state index in [9.17, 15) is 4.79 Å². The zero-order valence-corrected chi connectivity index (χ0v) is 10.2. The third kappa shape index (κ3) is 2.45. The lowest BCUT2D eigenvalue weighted by Gasteiger charge is -2.30. The number of hydrogen-bond acceptors (Lipinski definition) is 2. The van der Waals surface area contributed by atoms with Gasteiger partial charge in [-0.1, -0.05) is 30.1 Å². The predicted octanol–water partition coefficient (Wildman–Crippen LogP) is 2.49. The average molecular weight is 242 g/mol. The van der Waals surface area contributed by atoms with Gasteiger partial charge in [0.05, 0.1) is 4.87 Å². The van der Waals surface area contributed by atoms with Gasteiger partial charge in [0.25, 0.3) is 5.91 Å². The van der Waals surface area contributed by atoms with Gasteiger partial charge in [-0.2, -0.15) is 0 Å². The van der Waals surface area contributed by atoms with E-state index in [0.29, 0.717) is 5.25 Å². The summed E-state index contributed by atoms with van der Waals surface area (Å²) in [6.07, 6.45) is 0. The Morgan fingerprint density at radius 2 is 2.15 bits per heavy atom. The van der Waals surface area contributed by atoms with E-state index in [2.05, 4.69) is 6.92 Å². The molecule has 1 rings (SSSR count). The van der Waals surface area contributed by atoms with Crippen LogP contribution >= 0.6 is 35.0 Å². The first-order valence-corrected chi connectivity index (χ1v) is 5.87. The van der Waals surface area contributed by atoms with Gasteiger partial charge < -0.3 is 4.90 Å². The maximum absolute atomic E-state index is 11.6. The molecule has 0 bridgehead atoms. The Bertz CT molecular complexity index is 220. The van der Waals surface area contributed by atoms with E-state index in [0.717, 1.165) is 6.54 Å². The minimum Gasteiger partial charge on any atom is -0.325 e. The second kappa shape index (κ2) is 3.87. The van der Waals surface area contributed by atoms with Crippen molar-refractivity contribution in [2.75, 3.05) is 6.54 Å². The molecule has 1 fully saturated rings. The lowest BCUT2D eigenvalue weighted by molar-refractivity contribution is -0.131. The van der Waals surface area contributed by atoms with E-state index in [1.54, 1.807) is 16.7 Å². The number of halogens is 2. The molecule has 1 unspecified atom stereocenters. The number of carbonyl (C=O) groups excluding carboxylic acids is 1. The highest BCUT2D eigenvalue weighted by atomic mass is 35.5. The van der Waals surface area contributed by atoms with Gasteiger partial charge in [0.1, 0.15) is 0 Å². The smallest absolute Gasteiger partial charge is 0.257 e. The third-order valence-electron chi connectivity index (χ3n) is 2.03. The van der Waals surface area contributed by atoms with Gasteiger partial charge in [0, 0.05) is 11.8 Å². The molecule has 1 atom stereocenters.